The van der Waals surface area contributed by atoms with Crippen LogP contribution < -0.4 is 0 Å². The first-order valence-corrected chi connectivity index (χ1v) is 8.99. The lowest BCUT2D eigenvalue weighted by Crippen LogP contribution is -2.12. The second-order valence-corrected chi connectivity index (χ2v) is 6.73. The van der Waals surface area contributed by atoms with Gasteiger partial charge in [-0.15, -0.1) is 0 Å². The summed E-state index contributed by atoms with van der Waals surface area (Å²) in [7, 11) is 0. The van der Waals surface area contributed by atoms with Crippen molar-refractivity contribution in [1.82, 2.24) is 0 Å². The van der Waals surface area contributed by atoms with Gasteiger partial charge in [-0.25, -0.2) is 19.4 Å². The quantitative estimate of drug-likeness (QED) is 0.409. The molecule has 0 fully saturated rings. The van der Waals surface area contributed by atoms with E-state index in [0.717, 1.165) is 0 Å². The molecule has 0 saturated heterocycles. The van der Waals surface area contributed by atoms with E-state index in [0.29, 0.717) is 16.5 Å². The molecule has 0 aliphatic rings. The smallest absolute Gasteiger partial charge is 0.300 e. The lowest BCUT2D eigenvalue weighted by Gasteiger charge is -2.06. The minimum atomic E-state index is -0.944. The Balaban J connectivity index is 0.000000646. The SMILES string of the molecule is CCC(C)=O.O=C(OOC(=O)c1ccc(Cl)cc1Cl)c1ccc(Cl)cc1Cl. The lowest BCUT2D eigenvalue weighted by molar-refractivity contribution is -0.187. The zero-order chi connectivity index (χ0) is 20.6. The van der Waals surface area contributed by atoms with E-state index in [-0.39, 0.29) is 27.0 Å². The van der Waals surface area contributed by atoms with Crippen molar-refractivity contribution in [3.05, 3.63) is 67.6 Å². The van der Waals surface area contributed by atoms with Crippen molar-refractivity contribution in [3.63, 3.8) is 0 Å². The Kier molecular flexibility index (Phi) is 9.60. The molecule has 27 heavy (non-hydrogen) atoms. The normalized spacial score (nSPS) is 9.70. The zero-order valence-electron chi connectivity index (χ0n) is 14.2. The minimum absolute atomic E-state index is 0.000990. The highest BCUT2D eigenvalue weighted by atomic mass is 35.5. The maximum absolute atomic E-state index is 11.8. The van der Waals surface area contributed by atoms with Crippen LogP contribution in [0.25, 0.3) is 0 Å². The molecule has 0 atom stereocenters. The van der Waals surface area contributed by atoms with Gasteiger partial charge in [0, 0.05) is 16.5 Å². The van der Waals surface area contributed by atoms with Gasteiger partial charge in [-0.1, -0.05) is 53.3 Å². The molecule has 9 heteroatoms. The molecule has 0 spiro atoms. The van der Waals surface area contributed by atoms with Gasteiger partial charge in [0.15, 0.2) is 0 Å². The summed E-state index contributed by atoms with van der Waals surface area (Å²) in [5.74, 6) is -1.63. The molecule has 0 heterocycles. The molecule has 0 amide bonds. The molecule has 0 aliphatic heterocycles. The standard InChI is InChI=1S/C14H6Cl4O4.C4H8O/c15-7-1-3-9(11(17)5-7)13(19)21-22-14(20)10-4-2-8(16)6-12(10)18;1-3-4(2)5/h1-6H;3H2,1-2H3. The van der Waals surface area contributed by atoms with Crippen LogP contribution in [0.3, 0.4) is 0 Å². The first-order valence-electron chi connectivity index (χ1n) is 7.48. The van der Waals surface area contributed by atoms with E-state index in [2.05, 4.69) is 9.78 Å². The van der Waals surface area contributed by atoms with Crippen molar-refractivity contribution < 1.29 is 24.2 Å². The van der Waals surface area contributed by atoms with Gasteiger partial charge >= 0.3 is 11.9 Å². The van der Waals surface area contributed by atoms with E-state index in [1.54, 1.807) is 6.92 Å². The van der Waals surface area contributed by atoms with Crippen molar-refractivity contribution in [1.29, 1.82) is 0 Å². The summed E-state index contributed by atoms with van der Waals surface area (Å²) in [6.45, 7) is 3.43. The number of carbonyl (C=O) groups excluding carboxylic acids is 3. The average molecular weight is 452 g/mol. The molecule has 0 bridgehead atoms. The molecular weight excluding hydrogens is 438 g/mol. The summed E-state index contributed by atoms with van der Waals surface area (Å²) >= 11 is 23.1. The van der Waals surface area contributed by atoms with Gasteiger partial charge in [0.1, 0.15) is 5.78 Å². The van der Waals surface area contributed by atoms with Crippen LogP contribution in [0.15, 0.2) is 36.4 Å². The fourth-order valence-electron chi connectivity index (χ4n) is 1.48. The Morgan fingerprint density at radius 3 is 1.37 bits per heavy atom. The molecule has 0 aromatic heterocycles. The van der Waals surface area contributed by atoms with E-state index in [4.69, 9.17) is 46.4 Å². The van der Waals surface area contributed by atoms with Crippen molar-refractivity contribution in [3.8, 4) is 0 Å². The van der Waals surface area contributed by atoms with Gasteiger partial charge < -0.3 is 4.79 Å². The van der Waals surface area contributed by atoms with E-state index in [1.807, 2.05) is 6.92 Å². The van der Waals surface area contributed by atoms with Crippen molar-refractivity contribution in [2.75, 3.05) is 0 Å². The van der Waals surface area contributed by atoms with E-state index in [1.165, 1.54) is 36.4 Å². The highest BCUT2D eigenvalue weighted by Crippen LogP contribution is 2.23. The van der Waals surface area contributed by atoms with E-state index in [9.17, 15) is 14.4 Å². The second-order valence-electron chi connectivity index (χ2n) is 5.05. The molecule has 2 rings (SSSR count). The lowest BCUT2D eigenvalue weighted by atomic mass is 10.2. The van der Waals surface area contributed by atoms with Gasteiger partial charge in [-0.2, -0.15) is 0 Å². The number of halogens is 4. The third-order valence-electron chi connectivity index (χ3n) is 2.99. The highest BCUT2D eigenvalue weighted by molar-refractivity contribution is 6.37. The van der Waals surface area contributed by atoms with Crippen LogP contribution in [0.2, 0.25) is 20.1 Å². The number of ketones is 1. The third-order valence-corrected chi connectivity index (χ3v) is 4.09. The van der Waals surface area contributed by atoms with Crippen LogP contribution >= 0.6 is 46.4 Å². The number of benzene rings is 2. The summed E-state index contributed by atoms with van der Waals surface area (Å²) in [5.41, 5.74) is 0.00198. The largest absolute Gasteiger partial charge is 0.387 e. The number of Topliss-reactive ketones (excluding diaryl/α,β-unsaturated/α-hetero) is 1. The summed E-state index contributed by atoms with van der Waals surface area (Å²) < 4.78 is 0. The predicted octanol–water partition coefficient (Wildman–Crippen LogP) is 6.21. The number of hydrogen-bond acceptors (Lipinski definition) is 5. The first-order chi connectivity index (χ1) is 12.6. The Labute approximate surface area is 176 Å². The molecule has 2 aromatic carbocycles. The Morgan fingerprint density at radius 1 is 0.778 bits per heavy atom. The van der Waals surface area contributed by atoms with Crippen molar-refractivity contribution in [2.24, 2.45) is 0 Å². The van der Waals surface area contributed by atoms with Crippen LogP contribution in [0.5, 0.6) is 0 Å². The summed E-state index contributed by atoms with van der Waals surface area (Å²) in [6.07, 6.45) is 0.667. The molecule has 0 N–H and O–H groups in total. The molecule has 0 saturated carbocycles. The number of hydrogen-bond donors (Lipinski definition) is 0. The summed E-state index contributed by atoms with van der Waals surface area (Å²) in [6, 6.07) is 8.30. The Bertz CT molecular complexity index is 788. The van der Waals surface area contributed by atoms with Crippen LogP contribution in [0.4, 0.5) is 0 Å². The maximum Gasteiger partial charge on any atom is 0.387 e. The Morgan fingerprint density at radius 2 is 1.11 bits per heavy atom. The molecule has 0 radical (unpaired) electrons. The van der Waals surface area contributed by atoms with Crippen molar-refractivity contribution in [2.45, 2.75) is 20.3 Å². The van der Waals surface area contributed by atoms with Crippen LogP contribution in [-0.2, 0) is 14.6 Å². The Hall–Kier alpha value is -1.79. The summed E-state index contributed by atoms with van der Waals surface area (Å²) in [5, 5.41) is 0.842. The van der Waals surface area contributed by atoms with Gasteiger partial charge in [0.2, 0.25) is 0 Å². The van der Waals surface area contributed by atoms with Crippen LogP contribution in [0.1, 0.15) is 41.0 Å². The molecule has 5 nitrogen and oxygen atoms in total. The zero-order valence-corrected chi connectivity index (χ0v) is 17.2. The van der Waals surface area contributed by atoms with Crippen molar-refractivity contribution >= 4 is 64.1 Å². The third kappa shape index (κ3) is 7.77. The van der Waals surface area contributed by atoms with Gasteiger partial charge in [-0.05, 0) is 43.3 Å². The number of carbonyl (C=O) groups is 3. The monoisotopic (exact) mass is 450 g/mol. The molecule has 144 valence electrons. The minimum Gasteiger partial charge on any atom is -0.300 e. The fraction of sp³-hybridized carbons (Fsp3) is 0.167. The summed E-state index contributed by atoms with van der Waals surface area (Å²) in [4.78, 5) is 42.2. The average Bonchev–Trinajstić information content (AvgIpc) is 2.59. The molecule has 0 unspecified atom stereocenters. The molecular formula is C18H14Cl4O5. The van der Waals surface area contributed by atoms with Gasteiger partial charge in [0.05, 0.1) is 21.2 Å². The van der Waals surface area contributed by atoms with E-state index >= 15 is 0 Å². The maximum atomic E-state index is 11.8. The van der Waals surface area contributed by atoms with Gasteiger partial charge in [0.25, 0.3) is 0 Å². The van der Waals surface area contributed by atoms with E-state index < -0.39 is 11.9 Å². The van der Waals surface area contributed by atoms with Gasteiger partial charge in [-0.3, -0.25) is 0 Å². The number of rotatable bonds is 3. The highest BCUT2D eigenvalue weighted by Gasteiger charge is 2.18. The second kappa shape index (κ2) is 11.1. The molecule has 0 aliphatic carbocycles. The van der Waals surface area contributed by atoms with Crippen LogP contribution in [-0.4, -0.2) is 17.7 Å². The fourth-order valence-corrected chi connectivity index (χ4v) is 2.45. The topological polar surface area (TPSA) is 69.7 Å². The predicted molar refractivity (Wildman–Crippen MR) is 105 cm³/mol. The first kappa shape index (κ1) is 23.2. The van der Waals surface area contributed by atoms with Crippen LogP contribution in [0, 0.1) is 0 Å². The molecule has 2 aromatic rings.